The number of ether oxygens (including phenoxy) is 4. The van der Waals surface area contributed by atoms with Gasteiger partial charge < -0.3 is 23.5 Å². The van der Waals surface area contributed by atoms with Gasteiger partial charge in [-0.05, 0) is 56.0 Å². The van der Waals surface area contributed by atoms with E-state index >= 15 is 0 Å². The van der Waals surface area contributed by atoms with Gasteiger partial charge >= 0.3 is 0 Å². The van der Waals surface area contributed by atoms with E-state index in [9.17, 15) is 0 Å². The number of hydrogen-bond acceptors (Lipinski definition) is 7. The van der Waals surface area contributed by atoms with E-state index in [1.807, 2.05) is 40.9 Å². The van der Waals surface area contributed by atoms with Crippen LogP contribution in [0.1, 0.15) is 31.7 Å². The predicted octanol–water partition coefficient (Wildman–Crippen LogP) is 4.29. The van der Waals surface area contributed by atoms with Crippen LogP contribution in [0.3, 0.4) is 0 Å². The van der Waals surface area contributed by atoms with Crippen LogP contribution in [-0.2, 0) is 9.47 Å². The summed E-state index contributed by atoms with van der Waals surface area (Å²) in [6.07, 6.45) is 9.89. The first-order valence-corrected chi connectivity index (χ1v) is 11.8. The van der Waals surface area contributed by atoms with Gasteiger partial charge in [-0.1, -0.05) is 0 Å². The molecule has 1 saturated carbocycles. The van der Waals surface area contributed by atoms with Crippen LogP contribution in [0.4, 0.5) is 0 Å². The van der Waals surface area contributed by atoms with Gasteiger partial charge in [0.2, 0.25) is 5.88 Å². The lowest BCUT2D eigenvalue weighted by molar-refractivity contribution is -0.0388. The van der Waals surface area contributed by atoms with Crippen LogP contribution in [0.5, 0.6) is 17.4 Å². The summed E-state index contributed by atoms with van der Waals surface area (Å²) in [5, 5.41) is 8.49. The normalized spacial score (nSPS) is 16.7. The molecule has 0 N–H and O–H groups in total. The van der Waals surface area contributed by atoms with Crippen LogP contribution in [0.25, 0.3) is 16.9 Å². The van der Waals surface area contributed by atoms with Crippen molar-refractivity contribution in [3.63, 3.8) is 0 Å². The Morgan fingerprint density at radius 3 is 2.59 bits per heavy atom. The zero-order valence-corrected chi connectivity index (χ0v) is 18.9. The van der Waals surface area contributed by atoms with Gasteiger partial charge in [-0.3, -0.25) is 4.40 Å². The lowest BCUT2D eigenvalue weighted by atomic mass is 10.2. The third-order valence-corrected chi connectivity index (χ3v) is 6.18. The second kappa shape index (κ2) is 9.44. The number of nitrogens with zero attached hydrogens (tertiary/aromatic N) is 5. The summed E-state index contributed by atoms with van der Waals surface area (Å²) in [7, 11) is 0. The zero-order chi connectivity index (χ0) is 22.7. The molecule has 176 valence electrons. The Bertz CT molecular complexity index is 1240. The first-order chi connectivity index (χ1) is 16.8. The maximum absolute atomic E-state index is 6.24. The van der Waals surface area contributed by atoms with Crippen molar-refractivity contribution in [2.24, 2.45) is 0 Å². The molecule has 34 heavy (non-hydrogen) atoms. The fourth-order valence-electron chi connectivity index (χ4n) is 4.22. The molecule has 0 spiro atoms. The molecule has 2 aliphatic rings. The molecule has 4 aromatic rings. The molecule has 6 rings (SSSR count). The lowest BCUT2D eigenvalue weighted by Crippen LogP contribution is -2.25. The average Bonchev–Trinajstić information content (AvgIpc) is 3.39. The standard InChI is InChI=1S/C25H27N5O4/c1-2-19(1)30-17-27-28-25(30)18-13-20-15-26-16-29(20)24(14-18)34-23-5-3-21(4-6-23)32-11-12-33-22-7-9-31-10-8-22/h3-6,13-17,19,22H,1-2,7-12H2. The Kier molecular flexibility index (Phi) is 5.86. The molecule has 1 saturated heterocycles. The predicted molar refractivity (Wildman–Crippen MR) is 124 cm³/mol. The van der Waals surface area contributed by atoms with E-state index in [1.165, 1.54) is 12.8 Å². The molecule has 0 radical (unpaired) electrons. The molecule has 1 aliphatic heterocycles. The summed E-state index contributed by atoms with van der Waals surface area (Å²) in [6.45, 7) is 2.64. The summed E-state index contributed by atoms with van der Waals surface area (Å²) >= 11 is 0. The minimum absolute atomic E-state index is 0.280. The number of pyridine rings is 1. The molecule has 3 aromatic heterocycles. The Hall–Kier alpha value is -3.43. The van der Waals surface area contributed by atoms with Gasteiger partial charge in [0.05, 0.1) is 24.4 Å². The largest absolute Gasteiger partial charge is 0.491 e. The second-order valence-corrected chi connectivity index (χ2v) is 8.67. The van der Waals surface area contributed by atoms with Crippen molar-refractivity contribution >= 4 is 5.52 Å². The van der Waals surface area contributed by atoms with Crippen LogP contribution >= 0.6 is 0 Å². The third-order valence-electron chi connectivity index (χ3n) is 6.18. The van der Waals surface area contributed by atoms with Gasteiger partial charge in [0.25, 0.3) is 0 Å². The number of aromatic nitrogens is 5. The fraction of sp³-hybridized carbons (Fsp3) is 0.400. The van der Waals surface area contributed by atoms with Crippen LogP contribution in [0, 0.1) is 0 Å². The maximum atomic E-state index is 6.24. The Morgan fingerprint density at radius 2 is 1.76 bits per heavy atom. The van der Waals surface area contributed by atoms with Crippen molar-refractivity contribution in [3.05, 3.63) is 55.2 Å². The van der Waals surface area contributed by atoms with Gasteiger partial charge in [-0.2, -0.15) is 0 Å². The van der Waals surface area contributed by atoms with E-state index in [0.29, 0.717) is 30.9 Å². The number of imidazole rings is 1. The molecule has 1 aliphatic carbocycles. The van der Waals surface area contributed by atoms with E-state index in [0.717, 1.165) is 48.7 Å². The van der Waals surface area contributed by atoms with E-state index in [2.05, 4.69) is 25.8 Å². The summed E-state index contributed by atoms with van der Waals surface area (Å²) in [5.74, 6) is 3.00. The molecule has 2 fully saturated rings. The van der Waals surface area contributed by atoms with Crippen molar-refractivity contribution in [2.75, 3.05) is 26.4 Å². The van der Waals surface area contributed by atoms with E-state index in [4.69, 9.17) is 18.9 Å². The van der Waals surface area contributed by atoms with Crippen molar-refractivity contribution < 1.29 is 18.9 Å². The van der Waals surface area contributed by atoms with Crippen LogP contribution in [0.15, 0.2) is 55.2 Å². The van der Waals surface area contributed by atoms with Crippen LogP contribution < -0.4 is 9.47 Å². The molecule has 0 amide bonds. The molecular formula is C25H27N5O4. The number of rotatable bonds is 9. The monoisotopic (exact) mass is 461 g/mol. The number of benzene rings is 1. The Labute approximate surface area is 197 Å². The summed E-state index contributed by atoms with van der Waals surface area (Å²) in [6, 6.07) is 12.1. The smallest absolute Gasteiger partial charge is 0.206 e. The fourth-order valence-corrected chi connectivity index (χ4v) is 4.22. The summed E-state index contributed by atoms with van der Waals surface area (Å²) in [5.41, 5.74) is 1.89. The lowest BCUT2D eigenvalue weighted by Gasteiger charge is -2.22. The highest BCUT2D eigenvalue weighted by Crippen LogP contribution is 2.38. The highest BCUT2D eigenvalue weighted by molar-refractivity contribution is 5.66. The van der Waals surface area contributed by atoms with Crippen molar-refractivity contribution in [1.82, 2.24) is 24.1 Å². The molecule has 9 nitrogen and oxygen atoms in total. The SMILES string of the molecule is c1cc(Oc2cc(-c3nncn3C3CC3)cc3cncn23)ccc1OCCOC1CCOCC1. The third kappa shape index (κ3) is 4.62. The highest BCUT2D eigenvalue weighted by atomic mass is 16.5. The van der Waals surface area contributed by atoms with Gasteiger partial charge in [0.1, 0.15) is 30.8 Å². The average molecular weight is 462 g/mol. The molecule has 0 bridgehead atoms. The quantitative estimate of drug-likeness (QED) is 0.344. The van der Waals surface area contributed by atoms with E-state index in [-0.39, 0.29) is 6.10 Å². The van der Waals surface area contributed by atoms with Crippen molar-refractivity contribution in [3.8, 4) is 28.8 Å². The minimum Gasteiger partial charge on any atom is -0.491 e. The maximum Gasteiger partial charge on any atom is 0.206 e. The minimum atomic E-state index is 0.280. The van der Waals surface area contributed by atoms with Crippen LogP contribution in [0.2, 0.25) is 0 Å². The molecule has 4 heterocycles. The molecule has 0 atom stereocenters. The summed E-state index contributed by atoms with van der Waals surface area (Å²) in [4.78, 5) is 4.29. The first-order valence-electron chi connectivity index (χ1n) is 11.8. The van der Waals surface area contributed by atoms with Crippen molar-refractivity contribution in [2.45, 2.75) is 37.8 Å². The molecule has 9 heteroatoms. The summed E-state index contributed by atoms with van der Waals surface area (Å²) < 4.78 is 27.3. The molecule has 1 aromatic carbocycles. The van der Waals surface area contributed by atoms with E-state index < -0.39 is 0 Å². The van der Waals surface area contributed by atoms with Gasteiger partial charge in [0, 0.05) is 30.9 Å². The topological polar surface area (TPSA) is 84.9 Å². The van der Waals surface area contributed by atoms with Crippen molar-refractivity contribution in [1.29, 1.82) is 0 Å². The van der Waals surface area contributed by atoms with Gasteiger partial charge in [-0.15, -0.1) is 10.2 Å². The number of hydrogen-bond donors (Lipinski definition) is 0. The molecular weight excluding hydrogens is 434 g/mol. The van der Waals surface area contributed by atoms with E-state index in [1.54, 1.807) is 12.7 Å². The first kappa shape index (κ1) is 21.1. The Balaban J connectivity index is 1.13. The highest BCUT2D eigenvalue weighted by Gasteiger charge is 2.27. The molecule has 0 unspecified atom stereocenters. The van der Waals surface area contributed by atoms with Crippen LogP contribution in [-0.4, -0.2) is 56.7 Å². The zero-order valence-electron chi connectivity index (χ0n) is 18.9. The second-order valence-electron chi connectivity index (χ2n) is 8.67. The number of fused-ring (bicyclic) bond motifs is 1. The van der Waals surface area contributed by atoms with Gasteiger partial charge in [0.15, 0.2) is 5.82 Å². The van der Waals surface area contributed by atoms with Gasteiger partial charge in [-0.25, -0.2) is 4.98 Å². The Morgan fingerprint density at radius 1 is 0.941 bits per heavy atom.